The summed E-state index contributed by atoms with van der Waals surface area (Å²) < 4.78 is 0. The number of nitrogens with zero attached hydrogens (tertiary/aromatic N) is 1. The Labute approximate surface area is 116 Å². The Balaban J connectivity index is 2.76. The molecule has 1 rings (SSSR count). The van der Waals surface area contributed by atoms with Gasteiger partial charge in [-0.2, -0.15) is 0 Å². The zero-order valence-electron chi connectivity index (χ0n) is 13.1. The van der Waals surface area contributed by atoms with Crippen molar-refractivity contribution in [3.63, 3.8) is 0 Å². The number of rotatable bonds is 5. The van der Waals surface area contributed by atoms with Crippen molar-refractivity contribution >= 4 is 11.8 Å². The van der Waals surface area contributed by atoms with Gasteiger partial charge in [-0.15, -0.1) is 0 Å². The van der Waals surface area contributed by atoms with E-state index in [4.69, 9.17) is 0 Å². The van der Waals surface area contributed by atoms with Crippen LogP contribution >= 0.6 is 0 Å². The molecule has 110 valence electrons. The van der Waals surface area contributed by atoms with Gasteiger partial charge in [-0.3, -0.25) is 14.5 Å². The molecule has 0 spiro atoms. The molecule has 0 aromatic heterocycles. The van der Waals surface area contributed by atoms with E-state index in [9.17, 15) is 9.59 Å². The second-order valence-electron chi connectivity index (χ2n) is 6.58. The Kier molecular flexibility index (Phi) is 5.13. The fraction of sp³-hybridized carbons (Fsp3) is 0.867. The third kappa shape index (κ3) is 3.56. The molecule has 1 N–H and O–H groups in total. The third-order valence-electron chi connectivity index (χ3n) is 4.24. The minimum absolute atomic E-state index is 0.0303. The lowest BCUT2D eigenvalue weighted by Crippen LogP contribution is -2.49. The quantitative estimate of drug-likeness (QED) is 0.779. The lowest BCUT2D eigenvalue weighted by molar-refractivity contribution is -0.141. The maximum Gasteiger partial charge on any atom is 0.247 e. The van der Waals surface area contributed by atoms with Crippen LogP contribution < -0.4 is 5.32 Å². The van der Waals surface area contributed by atoms with Gasteiger partial charge in [0.05, 0.1) is 12.5 Å². The van der Waals surface area contributed by atoms with Gasteiger partial charge >= 0.3 is 0 Å². The van der Waals surface area contributed by atoms with Crippen molar-refractivity contribution in [3.05, 3.63) is 0 Å². The molecule has 1 aliphatic heterocycles. The standard InChI is InChI=1S/C15H28N2O2/c1-7-11(8-2)17-13(18)9-12(14(17)19)16-10(3)15(4,5)6/h10-12,16H,7-9H2,1-6H3. The molecule has 4 nitrogen and oxygen atoms in total. The highest BCUT2D eigenvalue weighted by Gasteiger charge is 2.42. The van der Waals surface area contributed by atoms with Gasteiger partial charge in [-0.25, -0.2) is 0 Å². The van der Waals surface area contributed by atoms with Crippen LogP contribution in [0.2, 0.25) is 0 Å². The van der Waals surface area contributed by atoms with Crippen LogP contribution in [0.25, 0.3) is 0 Å². The van der Waals surface area contributed by atoms with Crippen LogP contribution in [-0.4, -0.2) is 34.8 Å². The first-order valence-corrected chi connectivity index (χ1v) is 7.34. The van der Waals surface area contributed by atoms with Gasteiger partial charge in [0.15, 0.2) is 0 Å². The van der Waals surface area contributed by atoms with Crippen LogP contribution in [0, 0.1) is 5.41 Å². The topological polar surface area (TPSA) is 49.4 Å². The highest BCUT2D eigenvalue weighted by molar-refractivity contribution is 6.05. The van der Waals surface area contributed by atoms with Crippen LogP contribution in [0.4, 0.5) is 0 Å². The van der Waals surface area contributed by atoms with Crippen molar-refractivity contribution in [2.24, 2.45) is 5.41 Å². The Morgan fingerprint density at radius 1 is 1.26 bits per heavy atom. The predicted octanol–water partition coefficient (Wildman–Crippen LogP) is 2.33. The van der Waals surface area contributed by atoms with E-state index in [1.165, 1.54) is 4.90 Å². The van der Waals surface area contributed by atoms with E-state index in [-0.39, 0.29) is 35.4 Å². The molecule has 1 saturated heterocycles. The maximum absolute atomic E-state index is 12.4. The van der Waals surface area contributed by atoms with E-state index in [0.717, 1.165) is 12.8 Å². The minimum Gasteiger partial charge on any atom is -0.302 e. The first-order chi connectivity index (χ1) is 8.72. The SMILES string of the molecule is CCC(CC)N1C(=O)CC(NC(C)C(C)(C)C)C1=O. The van der Waals surface area contributed by atoms with Gasteiger partial charge in [-0.1, -0.05) is 34.6 Å². The summed E-state index contributed by atoms with van der Waals surface area (Å²) in [6.07, 6.45) is 1.96. The Hall–Kier alpha value is -0.900. The molecule has 2 unspecified atom stereocenters. The maximum atomic E-state index is 12.4. The molecule has 2 atom stereocenters. The highest BCUT2D eigenvalue weighted by Crippen LogP contribution is 2.24. The number of amides is 2. The van der Waals surface area contributed by atoms with E-state index in [1.807, 2.05) is 13.8 Å². The summed E-state index contributed by atoms with van der Waals surface area (Å²) >= 11 is 0. The normalized spacial score (nSPS) is 22.5. The summed E-state index contributed by atoms with van der Waals surface area (Å²) in [5.74, 6) is -0.0768. The van der Waals surface area contributed by atoms with Crippen LogP contribution in [0.3, 0.4) is 0 Å². The number of carbonyl (C=O) groups is 2. The van der Waals surface area contributed by atoms with Gasteiger partial charge in [0.2, 0.25) is 11.8 Å². The largest absolute Gasteiger partial charge is 0.302 e. The summed E-state index contributed by atoms with van der Waals surface area (Å²) in [4.78, 5) is 25.9. The molecule has 0 saturated carbocycles. The number of hydrogen-bond donors (Lipinski definition) is 1. The molecular formula is C15H28N2O2. The molecule has 1 aliphatic rings. The smallest absolute Gasteiger partial charge is 0.247 e. The molecular weight excluding hydrogens is 240 g/mol. The second kappa shape index (κ2) is 6.04. The van der Waals surface area contributed by atoms with Crippen molar-refractivity contribution < 1.29 is 9.59 Å². The lowest BCUT2D eigenvalue weighted by Gasteiger charge is -2.30. The summed E-state index contributed by atoms with van der Waals surface area (Å²) in [5.41, 5.74) is 0.0751. The third-order valence-corrected chi connectivity index (χ3v) is 4.24. The number of likely N-dealkylation sites (tertiary alicyclic amines) is 1. The number of carbonyl (C=O) groups excluding carboxylic acids is 2. The van der Waals surface area contributed by atoms with E-state index < -0.39 is 0 Å². The molecule has 0 bridgehead atoms. The Morgan fingerprint density at radius 3 is 2.21 bits per heavy atom. The summed E-state index contributed by atoms with van der Waals surface area (Å²) in [6, 6.07) is -0.102. The van der Waals surface area contributed by atoms with Crippen molar-refractivity contribution in [3.8, 4) is 0 Å². The highest BCUT2D eigenvalue weighted by atomic mass is 16.2. The molecule has 1 heterocycles. The summed E-state index contributed by atoms with van der Waals surface area (Å²) in [6.45, 7) is 12.5. The molecule has 2 amide bonds. The number of imide groups is 1. The molecule has 0 radical (unpaired) electrons. The minimum atomic E-state index is -0.345. The molecule has 19 heavy (non-hydrogen) atoms. The van der Waals surface area contributed by atoms with Gasteiger partial charge < -0.3 is 5.32 Å². The summed E-state index contributed by atoms with van der Waals surface area (Å²) in [5, 5.41) is 3.32. The Morgan fingerprint density at radius 2 is 1.79 bits per heavy atom. The van der Waals surface area contributed by atoms with Gasteiger partial charge in [0, 0.05) is 12.1 Å². The van der Waals surface area contributed by atoms with Crippen LogP contribution in [0.5, 0.6) is 0 Å². The molecule has 0 aromatic rings. The zero-order chi connectivity index (χ0) is 14.8. The lowest BCUT2D eigenvalue weighted by atomic mass is 9.87. The molecule has 4 heteroatoms. The average Bonchev–Trinajstić information content (AvgIpc) is 2.57. The predicted molar refractivity (Wildman–Crippen MR) is 76.7 cm³/mol. The van der Waals surface area contributed by atoms with Gasteiger partial charge in [-0.05, 0) is 25.2 Å². The fourth-order valence-electron chi connectivity index (χ4n) is 2.37. The van der Waals surface area contributed by atoms with E-state index in [1.54, 1.807) is 0 Å². The van der Waals surface area contributed by atoms with Crippen LogP contribution in [0.1, 0.15) is 60.8 Å². The fourth-order valence-corrected chi connectivity index (χ4v) is 2.37. The molecule has 0 aromatic carbocycles. The monoisotopic (exact) mass is 268 g/mol. The number of hydrogen-bond acceptors (Lipinski definition) is 3. The summed E-state index contributed by atoms with van der Waals surface area (Å²) in [7, 11) is 0. The molecule has 0 aliphatic carbocycles. The second-order valence-corrected chi connectivity index (χ2v) is 6.58. The van der Waals surface area contributed by atoms with E-state index >= 15 is 0 Å². The first kappa shape index (κ1) is 16.2. The van der Waals surface area contributed by atoms with E-state index in [0.29, 0.717) is 6.42 Å². The molecule has 1 fully saturated rings. The zero-order valence-corrected chi connectivity index (χ0v) is 13.1. The van der Waals surface area contributed by atoms with Crippen LogP contribution in [-0.2, 0) is 9.59 Å². The average molecular weight is 268 g/mol. The Bertz CT molecular complexity index is 343. The first-order valence-electron chi connectivity index (χ1n) is 7.34. The van der Waals surface area contributed by atoms with Crippen molar-refractivity contribution in [2.45, 2.75) is 78.9 Å². The van der Waals surface area contributed by atoms with E-state index in [2.05, 4.69) is 33.0 Å². The van der Waals surface area contributed by atoms with Crippen molar-refractivity contribution in [2.75, 3.05) is 0 Å². The number of nitrogens with one attached hydrogen (secondary N) is 1. The van der Waals surface area contributed by atoms with Gasteiger partial charge in [0.1, 0.15) is 0 Å². The van der Waals surface area contributed by atoms with Crippen molar-refractivity contribution in [1.29, 1.82) is 0 Å². The van der Waals surface area contributed by atoms with Crippen LogP contribution in [0.15, 0.2) is 0 Å². The van der Waals surface area contributed by atoms with Crippen molar-refractivity contribution in [1.82, 2.24) is 10.2 Å². The van der Waals surface area contributed by atoms with Gasteiger partial charge in [0.25, 0.3) is 0 Å².